The van der Waals surface area contributed by atoms with Crippen LogP contribution in [0.5, 0.6) is 0 Å². The summed E-state index contributed by atoms with van der Waals surface area (Å²) in [5.41, 5.74) is 3.22. The molecule has 3 rings (SSSR count). The van der Waals surface area contributed by atoms with E-state index in [9.17, 15) is 14.9 Å². The molecule has 1 heterocycles. The van der Waals surface area contributed by atoms with E-state index < -0.39 is 0 Å². The number of non-ortho nitro benzene ring substituents is 1. The summed E-state index contributed by atoms with van der Waals surface area (Å²) < 4.78 is 0. The van der Waals surface area contributed by atoms with Crippen molar-refractivity contribution in [3.8, 4) is 0 Å². The maximum Gasteiger partial charge on any atom is 0.279 e. The first-order chi connectivity index (χ1) is 14.0. The van der Waals surface area contributed by atoms with Crippen molar-refractivity contribution in [3.05, 3.63) is 64.2 Å². The molecule has 0 unspecified atom stereocenters. The number of benzene rings is 2. The van der Waals surface area contributed by atoms with Crippen LogP contribution < -0.4 is 15.1 Å². The first-order valence-corrected chi connectivity index (χ1v) is 10.2. The van der Waals surface area contributed by atoms with E-state index in [1.54, 1.807) is 12.1 Å². The van der Waals surface area contributed by atoms with Crippen LogP contribution in [0.4, 0.5) is 17.1 Å². The number of nitrogens with one attached hydrogen (secondary N) is 2. The zero-order chi connectivity index (χ0) is 20.8. The molecule has 0 saturated carbocycles. The number of nitro groups is 1. The quantitative estimate of drug-likeness (QED) is 0.556. The molecule has 1 fully saturated rings. The molecular weight excluding hydrogens is 368 g/mol. The lowest BCUT2D eigenvalue weighted by molar-refractivity contribution is -0.892. The Labute approximate surface area is 171 Å². The normalized spacial score (nSPS) is 15.7. The van der Waals surface area contributed by atoms with Gasteiger partial charge in [0.15, 0.2) is 6.54 Å². The second kappa shape index (κ2) is 9.52. The number of carbonyl (C=O) groups excluding carboxylic acids is 1. The van der Waals surface area contributed by atoms with Gasteiger partial charge in [0.05, 0.1) is 31.1 Å². The Morgan fingerprint density at radius 2 is 1.76 bits per heavy atom. The fourth-order valence-electron chi connectivity index (χ4n) is 3.61. The topological polar surface area (TPSA) is 79.9 Å². The number of anilines is 2. The van der Waals surface area contributed by atoms with Crippen LogP contribution in [0.3, 0.4) is 0 Å². The lowest BCUT2D eigenvalue weighted by Crippen LogP contribution is -3.15. The van der Waals surface area contributed by atoms with Gasteiger partial charge in [0, 0.05) is 23.5 Å². The van der Waals surface area contributed by atoms with Crippen molar-refractivity contribution in [3.63, 3.8) is 0 Å². The maximum atomic E-state index is 12.4. The van der Waals surface area contributed by atoms with E-state index in [1.165, 1.54) is 22.6 Å². The molecule has 154 valence electrons. The third kappa shape index (κ3) is 5.54. The van der Waals surface area contributed by atoms with Gasteiger partial charge >= 0.3 is 0 Å². The molecule has 2 aromatic carbocycles. The minimum absolute atomic E-state index is 0.0278. The highest BCUT2D eigenvalue weighted by atomic mass is 16.6. The molecule has 0 aliphatic carbocycles. The third-order valence-corrected chi connectivity index (χ3v) is 5.68. The van der Waals surface area contributed by atoms with Crippen molar-refractivity contribution in [2.45, 2.75) is 26.2 Å². The summed E-state index contributed by atoms with van der Waals surface area (Å²) in [6, 6.07) is 14.8. The Hall–Kier alpha value is -2.93. The predicted molar refractivity (Wildman–Crippen MR) is 115 cm³/mol. The van der Waals surface area contributed by atoms with E-state index in [-0.39, 0.29) is 16.5 Å². The van der Waals surface area contributed by atoms with Crippen LogP contribution >= 0.6 is 0 Å². The molecule has 1 atom stereocenters. The van der Waals surface area contributed by atoms with Gasteiger partial charge in [-0.1, -0.05) is 26.0 Å². The first-order valence-electron chi connectivity index (χ1n) is 10.2. The lowest BCUT2D eigenvalue weighted by atomic mass is 9.99. The number of piperazine rings is 1. The first kappa shape index (κ1) is 20.8. The number of rotatable bonds is 7. The maximum absolute atomic E-state index is 12.4. The van der Waals surface area contributed by atoms with Gasteiger partial charge in [0.25, 0.3) is 11.6 Å². The van der Waals surface area contributed by atoms with Gasteiger partial charge < -0.3 is 15.1 Å². The highest BCUT2D eigenvalue weighted by Gasteiger charge is 2.22. The van der Waals surface area contributed by atoms with Gasteiger partial charge in [-0.15, -0.1) is 0 Å². The summed E-state index contributed by atoms with van der Waals surface area (Å²) in [5.74, 6) is 0.552. The standard InChI is InChI=1S/C22H28N4O3/c1-3-17(2)18-4-6-19(7-5-18)23-22(27)16-24-12-14-25(15-13-24)20-8-10-21(11-9-20)26(28)29/h4-11,17H,3,12-16H2,1-2H3,(H,23,27)/p+1/t17-/m1/s1. The second-order valence-electron chi connectivity index (χ2n) is 7.67. The van der Waals surface area contributed by atoms with Crippen LogP contribution in [-0.4, -0.2) is 43.6 Å². The summed E-state index contributed by atoms with van der Waals surface area (Å²) in [6.07, 6.45) is 1.10. The number of nitrogens with zero attached hydrogens (tertiary/aromatic N) is 2. The third-order valence-electron chi connectivity index (χ3n) is 5.68. The molecule has 2 N–H and O–H groups in total. The van der Waals surface area contributed by atoms with Gasteiger partial charge in [0.1, 0.15) is 0 Å². The van der Waals surface area contributed by atoms with Gasteiger partial charge in [-0.05, 0) is 42.2 Å². The zero-order valence-electron chi connectivity index (χ0n) is 17.1. The molecule has 1 amide bonds. The minimum atomic E-state index is -0.387. The van der Waals surface area contributed by atoms with Crippen LogP contribution in [0.25, 0.3) is 0 Å². The predicted octanol–water partition coefficient (Wildman–Crippen LogP) is 2.45. The molecule has 1 saturated heterocycles. The van der Waals surface area contributed by atoms with E-state index in [2.05, 4.69) is 36.2 Å². The average molecular weight is 397 g/mol. The van der Waals surface area contributed by atoms with Crippen molar-refractivity contribution >= 4 is 23.0 Å². The smallest absolute Gasteiger partial charge is 0.279 e. The molecule has 1 aliphatic rings. The Morgan fingerprint density at radius 1 is 1.14 bits per heavy atom. The molecule has 0 radical (unpaired) electrons. The summed E-state index contributed by atoms with van der Waals surface area (Å²) in [4.78, 5) is 26.2. The van der Waals surface area contributed by atoms with Crippen LogP contribution in [0.1, 0.15) is 31.7 Å². The molecular formula is C22H29N4O3+. The van der Waals surface area contributed by atoms with Gasteiger partial charge in [0.2, 0.25) is 0 Å². The van der Waals surface area contributed by atoms with Crippen LogP contribution in [0.15, 0.2) is 48.5 Å². The van der Waals surface area contributed by atoms with Crippen molar-refractivity contribution in [2.24, 2.45) is 0 Å². The largest absolute Gasteiger partial charge is 0.360 e. The summed E-state index contributed by atoms with van der Waals surface area (Å²) in [7, 11) is 0. The molecule has 2 aromatic rings. The fourth-order valence-corrected chi connectivity index (χ4v) is 3.61. The molecule has 7 heteroatoms. The van der Waals surface area contributed by atoms with Crippen LogP contribution in [-0.2, 0) is 4.79 Å². The highest BCUT2D eigenvalue weighted by Crippen LogP contribution is 2.21. The van der Waals surface area contributed by atoms with E-state index in [1.807, 2.05) is 12.1 Å². The van der Waals surface area contributed by atoms with E-state index in [4.69, 9.17) is 0 Å². The zero-order valence-corrected chi connectivity index (χ0v) is 17.1. The van der Waals surface area contributed by atoms with E-state index in [0.717, 1.165) is 44.0 Å². The highest BCUT2D eigenvalue weighted by molar-refractivity contribution is 5.91. The minimum Gasteiger partial charge on any atom is -0.360 e. The molecule has 29 heavy (non-hydrogen) atoms. The lowest BCUT2D eigenvalue weighted by Gasteiger charge is -2.33. The number of hydrogen-bond acceptors (Lipinski definition) is 4. The van der Waals surface area contributed by atoms with E-state index in [0.29, 0.717) is 12.5 Å². The van der Waals surface area contributed by atoms with Gasteiger partial charge in [-0.3, -0.25) is 14.9 Å². The van der Waals surface area contributed by atoms with Gasteiger partial charge in [-0.2, -0.15) is 0 Å². The Bertz CT molecular complexity index is 828. The average Bonchev–Trinajstić information content (AvgIpc) is 2.74. The van der Waals surface area contributed by atoms with Crippen molar-refractivity contribution in [2.75, 3.05) is 42.9 Å². The Kier molecular flexibility index (Phi) is 6.82. The molecule has 0 bridgehead atoms. The van der Waals surface area contributed by atoms with E-state index >= 15 is 0 Å². The SMILES string of the molecule is CC[C@@H](C)c1ccc(NC(=O)C[NH+]2CCN(c3ccc([N+](=O)[O-])cc3)CC2)cc1. The van der Waals surface area contributed by atoms with Crippen LogP contribution in [0, 0.1) is 10.1 Å². The number of quaternary nitrogens is 1. The fraction of sp³-hybridized carbons (Fsp3) is 0.409. The Morgan fingerprint density at radius 3 is 2.31 bits per heavy atom. The number of carbonyl (C=O) groups is 1. The number of amides is 1. The summed E-state index contributed by atoms with van der Waals surface area (Å²) >= 11 is 0. The second-order valence-corrected chi connectivity index (χ2v) is 7.67. The number of nitro benzene ring substituents is 1. The van der Waals surface area contributed by atoms with Crippen molar-refractivity contribution in [1.29, 1.82) is 0 Å². The molecule has 7 nitrogen and oxygen atoms in total. The van der Waals surface area contributed by atoms with Crippen molar-refractivity contribution < 1.29 is 14.6 Å². The number of hydrogen-bond donors (Lipinski definition) is 2. The molecule has 0 aromatic heterocycles. The van der Waals surface area contributed by atoms with Crippen LogP contribution in [0.2, 0.25) is 0 Å². The molecule has 0 spiro atoms. The monoisotopic (exact) mass is 397 g/mol. The van der Waals surface area contributed by atoms with Crippen molar-refractivity contribution in [1.82, 2.24) is 0 Å². The summed E-state index contributed by atoms with van der Waals surface area (Å²) in [6.45, 7) is 8.18. The summed E-state index contributed by atoms with van der Waals surface area (Å²) in [5, 5.41) is 13.8. The van der Waals surface area contributed by atoms with Gasteiger partial charge in [-0.25, -0.2) is 0 Å². The Balaban J connectivity index is 1.46. The molecule has 1 aliphatic heterocycles.